The quantitative estimate of drug-likeness (QED) is 0.566. The van der Waals surface area contributed by atoms with Gasteiger partial charge in [-0.15, -0.1) is 11.3 Å². The third-order valence-corrected chi connectivity index (χ3v) is 9.01. The van der Waals surface area contributed by atoms with Gasteiger partial charge in [0.1, 0.15) is 5.00 Å². The zero-order chi connectivity index (χ0) is 26.9. The fraction of sp³-hybridized carbons (Fsp3) is 0.519. The van der Waals surface area contributed by atoms with Crippen LogP contribution in [0.2, 0.25) is 0 Å². The van der Waals surface area contributed by atoms with Crippen molar-refractivity contribution in [2.45, 2.75) is 45.1 Å². The Bertz CT molecular complexity index is 1230. The highest BCUT2D eigenvalue weighted by molar-refractivity contribution is 7.20. The summed E-state index contributed by atoms with van der Waals surface area (Å²) in [6.07, 6.45) is 5.26. The Hall–Kier alpha value is -3.31. The number of nitrogens with zero attached hydrogens (tertiary/aromatic N) is 4. The lowest BCUT2D eigenvalue weighted by Crippen LogP contribution is -2.54. The van der Waals surface area contributed by atoms with E-state index in [2.05, 4.69) is 20.5 Å². The van der Waals surface area contributed by atoms with E-state index in [1.165, 1.54) is 16.2 Å². The molecule has 0 aliphatic carbocycles. The molecule has 5 heterocycles. The van der Waals surface area contributed by atoms with Crippen LogP contribution in [0.25, 0.3) is 10.6 Å². The maximum absolute atomic E-state index is 13.6. The highest BCUT2D eigenvalue weighted by atomic mass is 32.1. The van der Waals surface area contributed by atoms with E-state index in [0.29, 0.717) is 43.2 Å². The molecule has 0 saturated carbocycles. The molecule has 3 aliphatic rings. The summed E-state index contributed by atoms with van der Waals surface area (Å²) in [6, 6.07) is 7.35. The van der Waals surface area contributed by atoms with Crippen molar-refractivity contribution in [1.82, 2.24) is 25.0 Å². The zero-order valence-corrected chi connectivity index (χ0v) is 22.7. The summed E-state index contributed by atoms with van der Waals surface area (Å²) in [5.74, 6) is -0.245. The summed E-state index contributed by atoms with van der Waals surface area (Å²) in [4.78, 5) is 61.7. The molecule has 5 rings (SSSR count). The molecule has 1 unspecified atom stereocenters. The van der Waals surface area contributed by atoms with Gasteiger partial charge in [-0.3, -0.25) is 34.5 Å². The number of amides is 5. The van der Waals surface area contributed by atoms with Crippen molar-refractivity contribution < 1.29 is 19.2 Å². The molecule has 1 atom stereocenters. The minimum atomic E-state index is -0.588. The van der Waals surface area contributed by atoms with Gasteiger partial charge >= 0.3 is 6.03 Å². The van der Waals surface area contributed by atoms with Crippen LogP contribution in [-0.2, 0) is 9.59 Å². The minimum Gasteiger partial charge on any atom is -0.338 e. The number of piperidine rings is 2. The molecule has 38 heavy (non-hydrogen) atoms. The van der Waals surface area contributed by atoms with Gasteiger partial charge in [-0.25, -0.2) is 4.79 Å². The first-order valence-electron chi connectivity index (χ1n) is 13.3. The number of carbonyl (C=O) groups is 4. The zero-order valence-electron chi connectivity index (χ0n) is 21.9. The van der Waals surface area contributed by atoms with Gasteiger partial charge in [-0.1, -0.05) is 6.07 Å². The van der Waals surface area contributed by atoms with Crippen molar-refractivity contribution in [3.63, 3.8) is 0 Å². The Kier molecular flexibility index (Phi) is 7.49. The van der Waals surface area contributed by atoms with Gasteiger partial charge in [0.2, 0.25) is 11.8 Å². The second kappa shape index (κ2) is 10.8. The molecule has 0 radical (unpaired) electrons. The number of likely N-dealkylation sites (tertiary alicyclic amines) is 3. The molecule has 0 aromatic carbocycles. The summed E-state index contributed by atoms with van der Waals surface area (Å²) in [5.41, 5.74) is 0.629. The first-order valence-corrected chi connectivity index (χ1v) is 14.1. The molecule has 3 saturated heterocycles. The second-order valence-electron chi connectivity index (χ2n) is 10.4. The van der Waals surface area contributed by atoms with Crippen LogP contribution < -0.4 is 10.6 Å². The first-order chi connectivity index (χ1) is 18.3. The van der Waals surface area contributed by atoms with Gasteiger partial charge in [-0.05, 0) is 57.4 Å². The number of carbonyl (C=O) groups excluding carboxylic acids is 4. The van der Waals surface area contributed by atoms with E-state index in [0.717, 1.165) is 42.8 Å². The lowest BCUT2D eigenvalue weighted by atomic mass is 9.77. The van der Waals surface area contributed by atoms with Crippen molar-refractivity contribution in [3.05, 3.63) is 36.0 Å². The first kappa shape index (κ1) is 26.3. The number of urea groups is 1. The van der Waals surface area contributed by atoms with Crippen molar-refractivity contribution in [1.29, 1.82) is 0 Å². The molecule has 11 heteroatoms. The average Bonchev–Trinajstić information content (AvgIpc) is 3.43. The molecule has 1 spiro atoms. The smallest absolute Gasteiger partial charge is 0.319 e. The van der Waals surface area contributed by atoms with E-state index in [9.17, 15) is 19.2 Å². The largest absolute Gasteiger partial charge is 0.338 e. The van der Waals surface area contributed by atoms with Gasteiger partial charge in [0.25, 0.3) is 5.91 Å². The number of thiophene rings is 1. The second-order valence-corrected chi connectivity index (χ2v) is 11.4. The Morgan fingerprint density at radius 2 is 1.97 bits per heavy atom. The van der Waals surface area contributed by atoms with E-state index in [4.69, 9.17) is 0 Å². The summed E-state index contributed by atoms with van der Waals surface area (Å²) < 4.78 is 0. The van der Waals surface area contributed by atoms with Crippen LogP contribution in [0.15, 0.2) is 30.5 Å². The summed E-state index contributed by atoms with van der Waals surface area (Å²) in [7, 11) is 1.58. The number of rotatable bonds is 5. The van der Waals surface area contributed by atoms with E-state index in [1.54, 1.807) is 13.2 Å². The van der Waals surface area contributed by atoms with Crippen LogP contribution in [0.5, 0.6) is 0 Å². The summed E-state index contributed by atoms with van der Waals surface area (Å²) >= 11 is 1.34. The predicted octanol–water partition coefficient (Wildman–Crippen LogP) is 3.03. The maximum atomic E-state index is 13.6. The fourth-order valence-corrected chi connectivity index (χ4v) is 6.96. The molecular formula is C27H34N6O4S. The van der Waals surface area contributed by atoms with Crippen molar-refractivity contribution >= 4 is 40.1 Å². The molecule has 2 N–H and O–H groups in total. The van der Waals surface area contributed by atoms with Crippen LogP contribution in [0.1, 0.15) is 49.4 Å². The Balaban J connectivity index is 1.27. The van der Waals surface area contributed by atoms with E-state index < -0.39 is 5.41 Å². The topological polar surface area (TPSA) is 115 Å². The Morgan fingerprint density at radius 3 is 2.63 bits per heavy atom. The number of imide groups is 1. The maximum Gasteiger partial charge on any atom is 0.319 e. The van der Waals surface area contributed by atoms with Gasteiger partial charge < -0.3 is 10.2 Å². The summed E-state index contributed by atoms with van der Waals surface area (Å²) in [6.45, 7) is 5.02. The van der Waals surface area contributed by atoms with Crippen molar-refractivity contribution in [3.8, 4) is 10.6 Å². The number of pyridine rings is 1. The molecule has 10 nitrogen and oxygen atoms in total. The van der Waals surface area contributed by atoms with Crippen LogP contribution in [0.4, 0.5) is 9.80 Å². The predicted molar refractivity (Wildman–Crippen MR) is 145 cm³/mol. The van der Waals surface area contributed by atoms with Gasteiger partial charge in [0, 0.05) is 51.9 Å². The third kappa shape index (κ3) is 5.04. The molecular weight excluding hydrogens is 504 g/mol. The number of hydrogen-bond donors (Lipinski definition) is 2. The summed E-state index contributed by atoms with van der Waals surface area (Å²) in [5, 5.41) is 6.07. The SMILES string of the molecule is CCNC(=O)Nc1sc(-c2ccccn2)cc1C(=O)N1CCC(N2CCCC3(CC(=O)N(C)C3=O)C2)CC1. The van der Waals surface area contributed by atoms with Crippen molar-refractivity contribution in [2.75, 3.05) is 45.1 Å². The highest BCUT2D eigenvalue weighted by Crippen LogP contribution is 2.42. The van der Waals surface area contributed by atoms with E-state index in [1.807, 2.05) is 36.1 Å². The van der Waals surface area contributed by atoms with Crippen LogP contribution in [-0.4, -0.2) is 89.2 Å². The molecule has 5 amide bonds. The number of anilines is 1. The van der Waals surface area contributed by atoms with Gasteiger partial charge in [-0.2, -0.15) is 0 Å². The van der Waals surface area contributed by atoms with E-state index >= 15 is 0 Å². The minimum absolute atomic E-state index is 0.0480. The molecule has 2 aromatic heterocycles. The number of nitrogens with one attached hydrogen (secondary N) is 2. The van der Waals surface area contributed by atoms with Crippen LogP contribution in [0.3, 0.4) is 0 Å². The Labute approximate surface area is 226 Å². The Morgan fingerprint density at radius 1 is 1.18 bits per heavy atom. The van der Waals surface area contributed by atoms with Crippen LogP contribution in [0, 0.1) is 5.41 Å². The molecule has 202 valence electrons. The standard InChI is InChI=1S/C27H34N6O4S/c1-3-28-26(37)30-23-19(15-21(38-23)20-7-4-5-11-29-20)24(35)32-13-8-18(9-14-32)33-12-6-10-27(17-33)16-22(34)31(2)25(27)36/h4-5,7,11,15,18H,3,6,8-10,12-14,16-17H2,1-2H3,(H2,28,30,37). The number of aromatic nitrogens is 1. The fourth-order valence-electron chi connectivity index (χ4n) is 5.94. The molecule has 3 aliphatic heterocycles. The van der Waals surface area contributed by atoms with Crippen molar-refractivity contribution in [2.24, 2.45) is 5.41 Å². The van der Waals surface area contributed by atoms with Crippen LogP contribution >= 0.6 is 11.3 Å². The van der Waals surface area contributed by atoms with Gasteiger partial charge in [0.05, 0.1) is 21.5 Å². The average molecular weight is 539 g/mol. The monoisotopic (exact) mass is 538 g/mol. The lowest BCUT2D eigenvalue weighted by Gasteiger charge is -2.45. The van der Waals surface area contributed by atoms with Gasteiger partial charge in [0.15, 0.2) is 0 Å². The molecule has 2 aromatic rings. The lowest BCUT2D eigenvalue weighted by molar-refractivity contribution is -0.141. The molecule has 0 bridgehead atoms. The van der Waals surface area contributed by atoms with E-state index in [-0.39, 0.29) is 29.8 Å². The molecule has 3 fully saturated rings. The third-order valence-electron chi connectivity index (χ3n) is 7.94. The number of hydrogen-bond acceptors (Lipinski definition) is 7. The highest BCUT2D eigenvalue weighted by Gasteiger charge is 2.52. The normalized spacial score (nSPS) is 22.8.